The quantitative estimate of drug-likeness (QED) is 0.836. The van der Waals surface area contributed by atoms with E-state index in [1.54, 1.807) is 5.56 Å². The highest BCUT2D eigenvalue weighted by Gasteiger charge is 2.25. The minimum atomic E-state index is 0.516. The third kappa shape index (κ3) is 2.28. The van der Waals surface area contributed by atoms with Crippen molar-refractivity contribution in [3.05, 3.63) is 35.4 Å². The molecular weight excluding hydrogens is 214 g/mol. The smallest absolute Gasteiger partial charge is 0.0791 e. The Bertz CT molecular complexity index is 373. The van der Waals surface area contributed by atoms with Gasteiger partial charge in [0.15, 0.2) is 0 Å². The molecule has 1 aliphatic heterocycles. The fourth-order valence-electron chi connectivity index (χ4n) is 2.34. The molecule has 3 rings (SSSR count). The van der Waals surface area contributed by atoms with Crippen molar-refractivity contribution in [2.75, 3.05) is 5.75 Å². The molecule has 0 aromatic heterocycles. The minimum Gasteiger partial charge on any atom is -0.299 e. The van der Waals surface area contributed by atoms with Crippen molar-refractivity contribution in [1.29, 1.82) is 0 Å². The Kier molecular flexibility index (Phi) is 2.95. The van der Waals surface area contributed by atoms with Crippen LogP contribution in [-0.2, 0) is 0 Å². The van der Waals surface area contributed by atoms with Gasteiger partial charge in [0.1, 0.15) is 0 Å². The fourth-order valence-corrected chi connectivity index (χ4v) is 3.73. The van der Waals surface area contributed by atoms with Gasteiger partial charge in [-0.2, -0.15) is 0 Å². The zero-order chi connectivity index (χ0) is 11.0. The summed E-state index contributed by atoms with van der Waals surface area (Å²) in [6, 6.07) is 9.87. The molecule has 2 atom stereocenters. The van der Waals surface area contributed by atoms with Gasteiger partial charge in [-0.25, -0.2) is 0 Å². The van der Waals surface area contributed by atoms with E-state index in [1.807, 2.05) is 11.8 Å². The average molecular weight is 233 g/mol. The number of benzene rings is 1. The number of rotatable bonds is 2. The molecule has 1 aromatic carbocycles. The molecule has 0 radical (unpaired) electrons. The van der Waals surface area contributed by atoms with E-state index in [9.17, 15) is 0 Å². The van der Waals surface area contributed by atoms with Crippen LogP contribution < -0.4 is 5.32 Å². The van der Waals surface area contributed by atoms with Crippen molar-refractivity contribution in [2.24, 2.45) is 0 Å². The largest absolute Gasteiger partial charge is 0.299 e. The Balaban J connectivity index is 1.79. The van der Waals surface area contributed by atoms with Gasteiger partial charge in [0.25, 0.3) is 0 Å². The maximum Gasteiger partial charge on any atom is 0.0791 e. The van der Waals surface area contributed by atoms with Crippen molar-refractivity contribution in [3.63, 3.8) is 0 Å². The zero-order valence-corrected chi connectivity index (χ0v) is 10.6. The summed E-state index contributed by atoms with van der Waals surface area (Å²) in [5, 5.41) is 4.20. The lowest BCUT2D eigenvalue weighted by molar-refractivity contribution is 0.512. The summed E-state index contributed by atoms with van der Waals surface area (Å²) >= 11 is 2.05. The third-order valence-corrected chi connectivity index (χ3v) is 4.75. The van der Waals surface area contributed by atoms with E-state index in [0.717, 1.165) is 5.92 Å². The molecule has 2 heteroatoms. The van der Waals surface area contributed by atoms with Gasteiger partial charge in [0, 0.05) is 6.04 Å². The van der Waals surface area contributed by atoms with E-state index in [1.165, 1.54) is 30.6 Å². The van der Waals surface area contributed by atoms with Crippen molar-refractivity contribution >= 4 is 11.8 Å². The van der Waals surface area contributed by atoms with Crippen molar-refractivity contribution < 1.29 is 0 Å². The Morgan fingerprint density at radius 3 is 2.75 bits per heavy atom. The number of nitrogens with one attached hydrogen (secondary N) is 1. The van der Waals surface area contributed by atoms with Crippen LogP contribution in [0.15, 0.2) is 24.3 Å². The standard InChI is InChI=1S/C14H19NS/c1-10-7-8-16-14(15-10)13-4-2-3-12(9-13)11-5-6-11/h2-4,9-11,14-15H,5-8H2,1H3. The predicted octanol–water partition coefficient (Wildman–Crippen LogP) is 3.68. The maximum absolute atomic E-state index is 3.68. The molecule has 2 aliphatic rings. The first-order valence-corrected chi connectivity index (χ1v) is 7.35. The second-order valence-corrected chi connectivity index (χ2v) is 6.26. The predicted molar refractivity (Wildman–Crippen MR) is 70.8 cm³/mol. The molecule has 0 amide bonds. The van der Waals surface area contributed by atoms with E-state index >= 15 is 0 Å². The molecule has 1 nitrogen and oxygen atoms in total. The summed E-state index contributed by atoms with van der Waals surface area (Å²) in [5.41, 5.74) is 3.03. The molecule has 1 aromatic rings. The molecule has 0 bridgehead atoms. The monoisotopic (exact) mass is 233 g/mol. The summed E-state index contributed by atoms with van der Waals surface area (Å²) in [6.45, 7) is 2.29. The Hall–Kier alpha value is -0.470. The molecule has 1 heterocycles. The highest BCUT2D eigenvalue weighted by molar-refractivity contribution is 7.99. The average Bonchev–Trinajstić information content (AvgIpc) is 3.13. The highest BCUT2D eigenvalue weighted by Crippen LogP contribution is 2.41. The summed E-state index contributed by atoms with van der Waals surface area (Å²) in [5.74, 6) is 2.15. The first-order valence-electron chi connectivity index (χ1n) is 6.30. The summed E-state index contributed by atoms with van der Waals surface area (Å²) in [4.78, 5) is 0. The van der Waals surface area contributed by atoms with Gasteiger partial charge in [-0.3, -0.25) is 5.32 Å². The van der Waals surface area contributed by atoms with Crippen LogP contribution in [0.3, 0.4) is 0 Å². The molecule has 86 valence electrons. The van der Waals surface area contributed by atoms with Gasteiger partial charge < -0.3 is 0 Å². The molecule has 0 spiro atoms. The molecule has 16 heavy (non-hydrogen) atoms. The van der Waals surface area contributed by atoms with Crippen LogP contribution in [0.25, 0.3) is 0 Å². The Morgan fingerprint density at radius 1 is 1.19 bits per heavy atom. The second kappa shape index (κ2) is 4.42. The zero-order valence-electron chi connectivity index (χ0n) is 9.78. The molecule has 1 aliphatic carbocycles. The van der Waals surface area contributed by atoms with E-state index in [2.05, 4.69) is 36.5 Å². The van der Waals surface area contributed by atoms with Gasteiger partial charge in [-0.05, 0) is 49.0 Å². The molecule has 1 saturated carbocycles. The van der Waals surface area contributed by atoms with Crippen LogP contribution in [0.2, 0.25) is 0 Å². The lowest BCUT2D eigenvalue weighted by atomic mass is 10.1. The fraction of sp³-hybridized carbons (Fsp3) is 0.571. The molecular formula is C14H19NS. The normalized spacial score (nSPS) is 30.3. The van der Waals surface area contributed by atoms with Crippen LogP contribution in [0.4, 0.5) is 0 Å². The SMILES string of the molecule is CC1CCSC(c2cccc(C3CC3)c2)N1. The minimum absolute atomic E-state index is 0.516. The van der Waals surface area contributed by atoms with Crippen molar-refractivity contribution in [3.8, 4) is 0 Å². The topological polar surface area (TPSA) is 12.0 Å². The first kappa shape index (κ1) is 10.7. The van der Waals surface area contributed by atoms with Gasteiger partial charge in [-0.15, -0.1) is 11.8 Å². The molecule has 2 unspecified atom stereocenters. The molecule has 2 fully saturated rings. The van der Waals surface area contributed by atoms with Crippen LogP contribution >= 0.6 is 11.8 Å². The van der Waals surface area contributed by atoms with Crippen LogP contribution in [0.5, 0.6) is 0 Å². The highest BCUT2D eigenvalue weighted by atomic mass is 32.2. The van der Waals surface area contributed by atoms with Gasteiger partial charge >= 0.3 is 0 Å². The Morgan fingerprint density at radius 2 is 2.00 bits per heavy atom. The Labute approximate surface area is 102 Å². The van der Waals surface area contributed by atoms with Gasteiger partial charge in [-0.1, -0.05) is 24.3 Å². The van der Waals surface area contributed by atoms with Crippen LogP contribution in [-0.4, -0.2) is 11.8 Å². The maximum atomic E-state index is 3.68. The van der Waals surface area contributed by atoms with Gasteiger partial charge in [0.2, 0.25) is 0 Å². The summed E-state index contributed by atoms with van der Waals surface area (Å²) in [7, 11) is 0. The summed E-state index contributed by atoms with van der Waals surface area (Å²) < 4.78 is 0. The van der Waals surface area contributed by atoms with Crippen molar-refractivity contribution in [1.82, 2.24) is 5.32 Å². The number of hydrogen-bond acceptors (Lipinski definition) is 2. The number of thioether (sulfide) groups is 1. The van der Waals surface area contributed by atoms with E-state index in [-0.39, 0.29) is 0 Å². The number of hydrogen-bond donors (Lipinski definition) is 1. The molecule has 1 saturated heterocycles. The van der Waals surface area contributed by atoms with E-state index in [4.69, 9.17) is 0 Å². The van der Waals surface area contributed by atoms with Crippen LogP contribution in [0.1, 0.15) is 48.6 Å². The lowest BCUT2D eigenvalue weighted by Gasteiger charge is -2.28. The van der Waals surface area contributed by atoms with E-state index < -0.39 is 0 Å². The molecule has 1 N–H and O–H groups in total. The second-order valence-electron chi connectivity index (χ2n) is 5.05. The van der Waals surface area contributed by atoms with E-state index in [0.29, 0.717) is 11.4 Å². The first-order chi connectivity index (χ1) is 7.83. The van der Waals surface area contributed by atoms with Gasteiger partial charge in [0.05, 0.1) is 5.37 Å². The summed E-state index contributed by atoms with van der Waals surface area (Å²) in [6.07, 6.45) is 4.08. The van der Waals surface area contributed by atoms with Crippen molar-refractivity contribution in [2.45, 2.75) is 43.5 Å². The lowest BCUT2D eigenvalue weighted by Crippen LogP contribution is -2.33. The third-order valence-electron chi connectivity index (χ3n) is 3.53. The van der Waals surface area contributed by atoms with Crippen LogP contribution in [0, 0.1) is 0 Å².